The van der Waals surface area contributed by atoms with Gasteiger partial charge in [0, 0.05) is 19.0 Å². The summed E-state index contributed by atoms with van der Waals surface area (Å²) in [6.07, 6.45) is 3.08. The van der Waals surface area contributed by atoms with Gasteiger partial charge in [-0.3, -0.25) is 9.78 Å². The van der Waals surface area contributed by atoms with Crippen LogP contribution < -0.4 is 0 Å². The van der Waals surface area contributed by atoms with Crippen LogP contribution in [-0.2, 0) is 20.7 Å². The summed E-state index contributed by atoms with van der Waals surface area (Å²) in [4.78, 5) is 30.6. The van der Waals surface area contributed by atoms with Crippen LogP contribution in [0.4, 0.5) is 0 Å². The highest BCUT2D eigenvalue weighted by molar-refractivity contribution is 5.75. The van der Waals surface area contributed by atoms with Crippen molar-refractivity contribution in [1.82, 2.24) is 15.1 Å². The van der Waals surface area contributed by atoms with Crippen molar-refractivity contribution < 1.29 is 18.8 Å². The molecule has 0 unspecified atom stereocenters. The van der Waals surface area contributed by atoms with E-state index in [9.17, 15) is 9.59 Å². The Morgan fingerprint density at radius 3 is 2.86 bits per heavy atom. The van der Waals surface area contributed by atoms with Gasteiger partial charge in [-0.2, -0.15) is 4.98 Å². The predicted molar refractivity (Wildman–Crippen MR) is 76.7 cm³/mol. The molecule has 2 heterocycles. The fourth-order valence-electron chi connectivity index (χ4n) is 1.74. The largest absolute Gasteiger partial charge is 0.466 e. The molecule has 0 N–H and O–H groups in total. The lowest BCUT2D eigenvalue weighted by atomic mass is 10.2. The molecule has 0 fully saturated rings. The van der Waals surface area contributed by atoms with E-state index < -0.39 is 0 Å². The molecule has 0 saturated carbocycles. The van der Waals surface area contributed by atoms with Crippen molar-refractivity contribution in [3.8, 4) is 11.5 Å². The van der Waals surface area contributed by atoms with Crippen LogP contribution in [-0.4, -0.2) is 33.5 Å². The van der Waals surface area contributed by atoms with Gasteiger partial charge in [0.05, 0.1) is 13.0 Å². The molecule has 22 heavy (non-hydrogen) atoms. The summed E-state index contributed by atoms with van der Waals surface area (Å²) >= 11 is 0. The number of carbonyl (C=O) groups is 2. The highest BCUT2D eigenvalue weighted by Crippen LogP contribution is 2.12. The summed E-state index contributed by atoms with van der Waals surface area (Å²) in [7, 11) is 0. The third-order valence-electron chi connectivity index (χ3n) is 2.84. The van der Waals surface area contributed by atoms with Crippen molar-refractivity contribution in [2.75, 3.05) is 6.61 Å². The zero-order valence-electron chi connectivity index (χ0n) is 12.3. The zero-order valence-corrected chi connectivity index (χ0v) is 12.3. The van der Waals surface area contributed by atoms with Gasteiger partial charge in [0.2, 0.25) is 11.7 Å². The van der Waals surface area contributed by atoms with Gasteiger partial charge in [-0.05, 0) is 25.5 Å². The molecule has 0 aliphatic rings. The summed E-state index contributed by atoms with van der Waals surface area (Å²) in [5, 5.41) is 3.82. The molecule has 0 bridgehead atoms. The standard InChI is InChI=1S/C15H17N3O4/c1-11(19)5-4-10-21-14(20)8-7-13-17-15(18-22-13)12-6-2-3-9-16-12/h2-3,6,9H,4-5,7-8,10H2,1H3. The Bertz CT molecular complexity index is 625. The van der Waals surface area contributed by atoms with E-state index in [4.69, 9.17) is 9.26 Å². The van der Waals surface area contributed by atoms with Crippen LogP contribution >= 0.6 is 0 Å². The molecule has 0 aliphatic carbocycles. The quantitative estimate of drug-likeness (QED) is 0.543. The van der Waals surface area contributed by atoms with Gasteiger partial charge < -0.3 is 14.1 Å². The minimum Gasteiger partial charge on any atom is -0.466 e. The van der Waals surface area contributed by atoms with Gasteiger partial charge in [-0.1, -0.05) is 11.2 Å². The Morgan fingerprint density at radius 1 is 1.27 bits per heavy atom. The van der Waals surface area contributed by atoms with Crippen molar-refractivity contribution in [1.29, 1.82) is 0 Å². The van der Waals surface area contributed by atoms with E-state index in [0.717, 1.165) is 0 Å². The highest BCUT2D eigenvalue weighted by atomic mass is 16.5. The van der Waals surface area contributed by atoms with E-state index in [0.29, 0.717) is 36.7 Å². The van der Waals surface area contributed by atoms with Crippen molar-refractivity contribution in [2.45, 2.75) is 32.6 Å². The van der Waals surface area contributed by atoms with Crippen LogP contribution in [0, 0.1) is 0 Å². The summed E-state index contributed by atoms with van der Waals surface area (Å²) < 4.78 is 10.1. The molecule has 7 nitrogen and oxygen atoms in total. The van der Waals surface area contributed by atoms with Crippen molar-refractivity contribution in [3.63, 3.8) is 0 Å². The number of aromatic nitrogens is 3. The van der Waals surface area contributed by atoms with Gasteiger partial charge >= 0.3 is 5.97 Å². The maximum atomic E-state index is 11.5. The lowest BCUT2D eigenvalue weighted by Crippen LogP contribution is -2.08. The molecule has 0 saturated heterocycles. The molecular weight excluding hydrogens is 286 g/mol. The van der Waals surface area contributed by atoms with E-state index in [2.05, 4.69) is 15.1 Å². The summed E-state index contributed by atoms with van der Waals surface area (Å²) in [6, 6.07) is 5.40. The predicted octanol–water partition coefficient (Wildman–Crippen LogP) is 1.98. The molecule has 7 heteroatoms. The first kappa shape index (κ1) is 15.8. The molecule has 2 aromatic rings. The summed E-state index contributed by atoms with van der Waals surface area (Å²) in [5.74, 6) is 0.497. The minimum absolute atomic E-state index is 0.0870. The SMILES string of the molecule is CC(=O)CCCOC(=O)CCc1nc(-c2ccccn2)no1. The number of Topliss-reactive ketones (excluding diaryl/α,β-unsaturated/α-hetero) is 1. The van der Waals surface area contributed by atoms with Crippen LogP contribution in [0.2, 0.25) is 0 Å². The van der Waals surface area contributed by atoms with Crippen LogP contribution in [0.1, 0.15) is 32.1 Å². The van der Waals surface area contributed by atoms with Gasteiger partial charge in [0.25, 0.3) is 0 Å². The lowest BCUT2D eigenvalue weighted by Gasteiger charge is -2.02. The van der Waals surface area contributed by atoms with E-state index in [1.165, 1.54) is 6.92 Å². The number of carbonyl (C=O) groups excluding carboxylic acids is 2. The van der Waals surface area contributed by atoms with E-state index >= 15 is 0 Å². The first-order chi connectivity index (χ1) is 10.6. The van der Waals surface area contributed by atoms with Crippen LogP contribution in [0.25, 0.3) is 11.5 Å². The van der Waals surface area contributed by atoms with Crippen LogP contribution in [0.15, 0.2) is 28.9 Å². The normalized spacial score (nSPS) is 10.4. The average Bonchev–Trinajstić information content (AvgIpc) is 2.99. The number of hydrogen-bond acceptors (Lipinski definition) is 7. The van der Waals surface area contributed by atoms with Crippen molar-refractivity contribution in [3.05, 3.63) is 30.3 Å². The number of hydrogen-bond donors (Lipinski definition) is 0. The van der Waals surface area contributed by atoms with Gasteiger partial charge in [0.1, 0.15) is 11.5 Å². The van der Waals surface area contributed by atoms with Crippen LogP contribution in [0.3, 0.4) is 0 Å². The molecule has 0 aliphatic heterocycles. The summed E-state index contributed by atoms with van der Waals surface area (Å²) in [5.41, 5.74) is 0.615. The Labute approximate surface area is 127 Å². The Kier molecular flexibility index (Phi) is 5.76. The van der Waals surface area contributed by atoms with Crippen molar-refractivity contribution in [2.24, 2.45) is 0 Å². The first-order valence-electron chi connectivity index (χ1n) is 7.04. The fourth-order valence-corrected chi connectivity index (χ4v) is 1.74. The maximum absolute atomic E-state index is 11.5. The van der Waals surface area contributed by atoms with E-state index in [-0.39, 0.29) is 24.8 Å². The maximum Gasteiger partial charge on any atom is 0.306 e. The second-order valence-corrected chi connectivity index (χ2v) is 4.75. The summed E-state index contributed by atoms with van der Waals surface area (Å²) in [6.45, 7) is 1.76. The highest BCUT2D eigenvalue weighted by Gasteiger charge is 2.11. The second-order valence-electron chi connectivity index (χ2n) is 4.75. The molecule has 2 rings (SSSR count). The number of rotatable bonds is 8. The topological polar surface area (TPSA) is 95.2 Å². The zero-order chi connectivity index (χ0) is 15.8. The molecular formula is C15H17N3O4. The molecule has 0 aromatic carbocycles. The Hall–Kier alpha value is -2.57. The first-order valence-corrected chi connectivity index (χ1v) is 7.04. The van der Waals surface area contributed by atoms with E-state index in [1.54, 1.807) is 18.3 Å². The third kappa shape index (κ3) is 5.08. The van der Waals surface area contributed by atoms with Gasteiger partial charge in [0.15, 0.2) is 0 Å². The molecule has 0 amide bonds. The van der Waals surface area contributed by atoms with Crippen molar-refractivity contribution >= 4 is 11.8 Å². The fraction of sp³-hybridized carbons (Fsp3) is 0.400. The second kappa shape index (κ2) is 8.02. The number of pyridine rings is 1. The lowest BCUT2D eigenvalue weighted by molar-refractivity contribution is -0.144. The Morgan fingerprint density at radius 2 is 2.14 bits per heavy atom. The molecule has 2 aromatic heterocycles. The monoisotopic (exact) mass is 303 g/mol. The number of esters is 1. The average molecular weight is 303 g/mol. The molecule has 0 spiro atoms. The van der Waals surface area contributed by atoms with E-state index in [1.807, 2.05) is 6.07 Å². The number of ketones is 1. The van der Waals surface area contributed by atoms with Crippen LogP contribution in [0.5, 0.6) is 0 Å². The number of ether oxygens (including phenoxy) is 1. The molecule has 0 radical (unpaired) electrons. The molecule has 0 atom stereocenters. The smallest absolute Gasteiger partial charge is 0.306 e. The van der Waals surface area contributed by atoms with Gasteiger partial charge in [-0.15, -0.1) is 0 Å². The number of nitrogens with zero attached hydrogens (tertiary/aromatic N) is 3. The third-order valence-corrected chi connectivity index (χ3v) is 2.84. The number of aryl methyl sites for hydroxylation is 1. The Balaban J connectivity index is 1.74. The molecule has 116 valence electrons. The van der Waals surface area contributed by atoms with Gasteiger partial charge in [-0.25, -0.2) is 0 Å². The minimum atomic E-state index is -0.346.